The number of halogens is 1. The van der Waals surface area contributed by atoms with Crippen molar-refractivity contribution in [1.29, 1.82) is 0 Å². The molecule has 1 atom stereocenters. The zero-order valence-electron chi connectivity index (χ0n) is 12.6. The Balaban J connectivity index is 1.95. The van der Waals surface area contributed by atoms with E-state index in [9.17, 15) is 0 Å². The van der Waals surface area contributed by atoms with Gasteiger partial charge >= 0.3 is 0 Å². The van der Waals surface area contributed by atoms with Crippen molar-refractivity contribution in [1.82, 2.24) is 0 Å². The predicted octanol–water partition coefficient (Wildman–Crippen LogP) is 4.89. The highest BCUT2D eigenvalue weighted by Crippen LogP contribution is 2.25. The number of hydrogen-bond donors (Lipinski definition) is 0. The van der Waals surface area contributed by atoms with Crippen molar-refractivity contribution >= 4 is 17.3 Å². The van der Waals surface area contributed by atoms with E-state index in [2.05, 4.69) is 31.0 Å². The maximum Gasteiger partial charge on any atom is 0.119 e. The molecule has 0 heterocycles. The fourth-order valence-corrected chi connectivity index (χ4v) is 2.48. The molecule has 112 valence electrons. The van der Waals surface area contributed by atoms with Crippen molar-refractivity contribution in [3.05, 3.63) is 60.2 Å². The Labute approximate surface area is 132 Å². The van der Waals surface area contributed by atoms with E-state index in [-0.39, 0.29) is 5.38 Å². The molecule has 0 saturated heterocycles. The normalized spacial score (nSPS) is 12.0. The quantitative estimate of drug-likeness (QED) is 0.675. The fourth-order valence-electron chi connectivity index (χ4n) is 2.13. The predicted molar refractivity (Wildman–Crippen MR) is 90.5 cm³/mol. The van der Waals surface area contributed by atoms with Gasteiger partial charge in [0.15, 0.2) is 0 Å². The molecule has 0 aliphatic carbocycles. The van der Waals surface area contributed by atoms with Crippen LogP contribution < -0.4 is 9.64 Å². The monoisotopic (exact) mass is 303 g/mol. The number of rotatable bonds is 7. The Bertz CT molecular complexity index is 527. The summed E-state index contributed by atoms with van der Waals surface area (Å²) in [5.74, 6) is 0.904. The van der Waals surface area contributed by atoms with Crippen molar-refractivity contribution in [3.63, 3.8) is 0 Å². The number of alkyl halides is 1. The van der Waals surface area contributed by atoms with Gasteiger partial charge in [-0.3, -0.25) is 0 Å². The maximum atomic E-state index is 6.53. The summed E-state index contributed by atoms with van der Waals surface area (Å²) in [6.07, 6.45) is 1.02. The average molecular weight is 304 g/mol. The first-order chi connectivity index (χ1) is 10.2. The molecule has 0 amide bonds. The lowest BCUT2D eigenvalue weighted by atomic mass is 10.1. The van der Waals surface area contributed by atoms with Crippen LogP contribution in [0.25, 0.3) is 0 Å². The molecule has 3 heteroatoms. The van der Waals surface area contributed by atoms with Crippen LogP contribution in [-0.4, -0.2) is 20.2 Å². The zero-order chi connectivity index (χ0) is 15.1. The summed E-state index contributed by atoms with van der Waals surface area (Å²) in [6.45, 7) is 3.61. The number of likely N-dealkylation sites (N-methyl/N-ethyl adjacent to an activating group) is 1. The first-order valence-electron chi connectivity index (χ1n) is 7.33. The summed E-state index contributed by atoms with van der Waals surface area (Å²) in [5.41, 5.74) is 2.29. The van der Waals surface area contributed by atoms with Gasteiger partial charge in [0.05, 0.1) is 12.0 Å². The van der Waals surface area contributed by atoms with E-state index < -0.39 is 0 Å². The number of para-hydroxylation sites is 1. The highest BCUT2D eigenvalue weighted by Gasteiger charge is 2.11. The van der Waals surface area contributed by atoms with Crippen molar-refractivity contribution in [2.75, 3.05) is 25.1 Å². The molecule has 0 radical (unpaired) electrons. The highest BCUT2D eigenvalue weighted by molar-refractivity contribution is 6.21. The van der Waals surface area contributed by atoms with Gasteiger partial charge in [-0.2, -0.15) is 0 Å². The molecule has 21 heavy (non-hydrogen) atoms. The van der Waals surface area contributed by atoms with E-state index in [1.165, 1.54) is 5.69 Å². The number of hydrogen-bond acceptors (Lipinski definition) is 2. The van der Waals surface area contributed by atoms with Crippen LogP contribution in [0.2, 0.25) is 0 Å². The van der Waals surface area contributed by atoms with E-state index in [1.807, 2.05) is 42.5 Å². The van der Waals surface area contributed by atoms with E-state index in [1.54, 1.807) is 0 Å². The summed E-state index contributed by atoms with van der Waals surface area (Å²) < 4.78 is 5.59. The fraction of sp³-hybridized carbons (Fsp3) is 0.333. The van der Waals surface area contributed by atoms with Gasteiger partial charge in [0, 0.05) is 19.3 Å². The third-order valence-electron chi connectivity index (χ3n) is 3.35. The van der Waals surface area contributed by atoms with Crippen molar-refractivity contribution in [2.24, 2.45) is 0 Å². The SMILES string of the molecule is CCCOc1ccc(C(Cl)CN(C)c2ccccc2)cc1. The summed E-state index contributed by atoms with van der Waals surface area (Å²) in [4.78, 5) is 2.17. The van der Waals surface area contributed by atoms with Crippen molar-refractivity contribution in [2.45, 2.75) is 18.7 Å². The van der Waals surface area contributed by atoms with Gasteiger partial charge in [0.25, 0.3) is 0 Å². The minimum atomic E-state index is -0.0459. The van der Waals surface area contributed by atoms with E-state index in [0.29, 0.717) is 0 Å². The van der Waals surface area contributed by atoms with Crippen molar-refractivity contribution < 1.29 is 4.74 Å². The van der Waals surface area contributed by atoms with Gasteiger partial charge in [-0.15, -0.1) is 11.6 Å². The van der Waals surface area contributed by atoms with Crippen LogP contribution in [-0.2, 0) is 0 Å². The second kappa shape index (κ2) is 7.94. The summed E-state index contributed by atoms with van der Waals surface area (Å²) >= 11 is 6.53. The lowest BCUT2D eigenvalue weighted by Crippen LogP contribution is -2.21. The third kappa shape index (κ3) is 4.68. The largest absolute Gasteiger partial charge is 0.494 e. The molecular formula is C18H22ClNO. The molecule has 0 aromatic heterocycles. The summed E-state index contributed by atoms with van der Waals surface area (Å²) in [5, 5.41) is -0.0459. The third-order valence-corrected chi connectivity index (χ3v) is 3.74. The van der Waals surface area contributed by atoms with Crippen LogP contribution in [0.5, 0.6) is 5.75 Å². The van der Waals surface area contributed by atoms with Crippen LogP contribution in [0.1, 0.15) is 24.3 Å². The lowest BCUT2D eigenvalue weighted by Gasteiger charge is -2.22. The average Bonchev–Trinajstić information content (AvgIpc) is 2.54. The Morgan fingerprint density at radius 1 is 1.05 bits per heavy atom. The second-order valence-electron chi connectivity index (χ2n) is 5.10. The molecule has 1 unspecified atom stereocenters. The van der Waals surface area contributed by atoms with Crippen LogP contribution in [0.15, 0.2) is 54.6 Å². The number of ether oxygens (including phenoxy) is 1. The van der Waals surface area contributed by atoms with Gasteiger partial charge in [0.1, 0.15) is 5.75 Å². The molecule has 2 aromatic rings. The minimum absolute atomic E-state index is 0.0459. The molecule has 2 aromatic carbocycles. The molecule has 0 fully saturated rings. The van der Waals surface area contributed by atoms with Crippen LogP contribution in [0.3, 0.4) is 0 Å². The Hall–Kier alpha value is -1.67. The van der Waals surface area contributed by atoms with Crippen LogP contribution in [0.4, 0.5) is 5.69 Å². The molecule has 2 rings (SSSR count). The van der Waals surface area contributed by atoms with E-state index in [4.69, 9.17) is 16.3 Å². The molecule has 0 spiro atoms. The molecular weight excluding hydrogens is 282 g/mol. The lowest BCUT2D eigenvalue weighted by molar-refractivity contribution is 0.317. The maximum absolute atomic E-state index is 6.53. The van der Waals surface area contributed by atoms with Gasteiger partial charge in [-0.25, -0.2) is 0 Å². The standard InChI is InChI=1S/C18H22ClNO/c1-3-13-21-17-11-9-15(10-12-17)18(19)14-20(2)16-7-5-4-6-8-16/h4-12,18H,3,13-14H2,1-2H3. The van der Waals surface area contributed by atoms with Gasteiger partial charge in [0.2, 0.25) is 0 Å². The minimum Gasteiger partial charge on any atom is -0.494 e. The highest BCUT2D eigenvalue weighted by atomic mass is 35.5. The topological polar surface area (TPSA) is 12.5 Å². The Morgan fingerprint density at radius 2 is 1.71 bits per heavy atom. The molecule has 0 bridgehead atoms. The Morgan fingerprint density at radius 3 is 2.33 bits per heavy atom. The molecule has 0 saturated carbocycles. The first kappa shape index (κ1) is 15.7. The summed E-state index contributed by atoms with van der Waals surface area (Å²) in [6, 6.07) is 18.3. The zero-order valence-corrected chi connectivity index (χ0v) is 13.4. The smallest absolute Gasteiger partial charge is 0.119 e. The van der Waals surface area contributed by atoms with E-state index in [0.717, 1.165) is 30.9 Å². The first-order valence-corrected chi connectivity index (χ1v) is 7.77. The molecule has 0 N–H and O–H groups in total. The molecule has 2 nitrogen and oxygen atoms in total. The number of anilines is 1. The van der Waals surface area contributed by atoms with Gasteiger partial charge in [-0.1, -0.05) is 37.3 Å². The number of benzene rings is 2. The summed E-state index contributed by atoms with van der Waals surface area (Å²) in [7, 11) is 2.06. The Kier molecular flexibility index (Phi) is 5.94. The van der Waals surface area contributed by atoms with Gasteiger partial charge < -0.3 is 9.64 Å². The van der Waals surface area contributed by atoms with Gasteiger partial charge in [-0.05, 0) is 36.2 Å². The second-order valence-corrected chi connectivity index (χ2v) is 5.63. The van der Waals surface area contributed by atoms with E-state index >= 15 is 0 Å². The number of nitrogens with zero attached hydrogens (tertiary/aromatic N) is 1. The molecule has 0 aliphatic rings. The van der Waals surface area contributed by atoms with Crippen LogP contribution >= 0.6 is 11.6 Å². The van der Waals surface area contributed by atoms with Crippen LogP contribution in [0, 0.1) is 0 Å². The molecule has 0 aliphatic heterocycles. The van der Waals surface area contributed by atoms with Crippen molar-refractivity contribution in [3.8, 4) is 5.75 Å².